The summed E-state index contributed by atoms with van der Waals surface area (Å²) in [6, 6.07) is 2.64. The first-order chi connectivity index (χ1) is 6.93. The van der Waals surface area contributed by atoms with Crippen LogP contribution in [0.25, 0.3) is 0 Å². The lowest BCUT2D eigenvalue weighted by Crippen LogP contribution is -2.11. The van der Waals surface area contributed by atoms with E-state index in [4.69, 9.17) is 15.3 Å². The number of aliphatic carboxylic acids is 1. The van der Waals surface area contributed by atoms with Crippen molar-refractivity contribution in [3.63, 3.8) is 0 Å². The van der Waals surface area contributed by atoms with Gasteiger partial charge in [0.05, 0.1) is 0 Å². The van der Waals surface area contributed by atoms with Crippen molar-refractivity contribution < 1.29 is 28.9 Å². The number of alkyl halides is 2. The summed E-state index contributed by atoms with van der Waals surface area (Å²) < 4.78 is 24.5. The molecule has 0 spiro atoms. The van der Waals surface area contributed by atoms with Crippen molar-refractivity contribution in [2.24, 2.45) is 0 Å². The predicted octanol–water partition coefficient (Wildman–Crippen LogP) is 1.45. The van der Waals surface area contributed by atoms with E-state index in [1.807, 2.05) is 0 Å². The van der Waals surface area contributed by atoms with Gasteiger partial charge in [-0.15, -0.1) is 0 Å². The Morgan fingerprint density at radius 2 is 1.93 bits per heavy atom. The van der Waals surface area contributed by atoms with E-state index in [1.165, 1.54) is 0 Å². The van der Waals surface area contributed by atoms with Crippen molar-refractivity contribution in [2.45, 2.75) is 12.5 Å². The molecule has 0 fully saturated rings. The number of aliphatic hydroxyl groups excluding tert-OH is 1. The molecule has 82 valence electrons. The first-order valence-electron chi connectivity index (χ1n) is 3.95. The van der Waals surface area contributed by atoms with Crippen molar-refractivity contribution in [2.75, 3.05) is 0 Å². The molecule has 1 aromatic rings. The maximum absolute atomic E-state index is 12.2. The van der Waals surface area contributed by atoms with Gasteiger partial charge in [0.2, 0.25) is 0 Å². The number of carboxylic acid groups (broad SMARTS) is 1. The topological polar surface area (TPSA) is 77.8 Å². The Balaban J connectivity index is 3.16. The Morgan fingerprint density at radius 1 is 1.33 bits per heavy atom. The van der Waals surface area contributed by atoms with Gasteiger partial charge in [-0.25, -0.2) is 13.6 Å². The molecule has 0 aliphatic carbocycles. The van der Waals surface area contributed by atoms with Gasteiger partial charge < -0.3 is 15.3 Å². The number of phenols is 1. The monoisotopic (exact) mass is 218 g/mol. The second-order valence-corrected chi connectivity index (χ2v) is 2.86. The van der Waals surface area contributed by atoms with E-state index in [0.717, 1.165) is 18.2 Å². The summed E-state index contributed by atoms with van der Waals surface area (Å²) in [5, 5.41) is 26.7. The Labute approximate surface area is 83.4 Å². The number of aliphatic hydroxyl groups is 1. The highest BCUT2D eigenvalue weighted by atomic mass is 19.3. The van der Waals surface area contributed by atoms with E-state index in [-0.39, 0.29) is 0 Å². The standard InChI is InChI=1S/C9H8F2O4/c10-8(11)4-1-2-6(12)5(3-4)7(13)9(14)15/h1-3,7-8,12-13H,(H,14,15). The number of aromatic hydroxyl groups is 1. The van der Waals surface area contributed by atoms with Crippen molar-refractivity contribution in [1.82, 2.24) is 0 Å². The highest BCUT2D eigenvalue weighted by Crippen LogP contribution is 2.29. The molecular weight excluding hydrogens is 210 g/mol. The van der Waals surface area contributed by atoms with Crippen molar-refractivity contribution in [3.8, 4) is 5.75 Å². The van der Waals surface area contributed by atoms with Crippen LogP contribution in [0.4, 0.5) is 8.78 Å². The number of hydrogen-bond donors (Lipinski definition) is 3. The largest absolute Gasteiger partial charge is 0.508 e. The van der Waals surface area contributed by atoms with Crippen LogP contribution >= 0.6 is 0 Å². The van der Waals surface area contributed by atoms with Crippen molar-refractivity contribution >= 4 is 5.97 Å². The molecule has 0 aliphatic heterocycles. The summed E-state index contributed by atoms with van der Waals surface area (Å²) in [4.78, 5) is 10.4. The van der Waals surface area contributed by atoms with Gasteiger partial charge in [0, 0.05) is 11.1 Å². The quantitative estimate of drug-likeness (QED) is 0.717. The van der Waals surface area contributed by atoms with Crippen LogP contribution in [0.2, 0.25) is 0 Å². The van der Waals surface area contributed by atoms with Gasteiger partial charge in [-0.3, -0.25) is 0 Å². The van der Waals surface area contributed by atoms with Gasteiger partial charge in [0.15, 0.2) is 6.10 Å². The smallest absolute Gasteiger partial charge is 0.337 e. The first kappa shape index (κ1) is 11.4. The van der Waals surface area contributed by atoms with Gasteiger partial charge in [-0.05, 0) is 18.2 Å². The van der Waals surface area contributed by atoms with Gasteiger partial charge in [-0.2, -0.15) is 0 Å². The van der Waals surface area contributed by atoms with Crippen LogP contribution in [0.15, 0.2) is 18.2 Å². The molecule has 0 aliphatic rings. The maximum atomic E-state index is 12.2. The SMILES string of the molecule is O=C(O)C(O)c1cc(C(F)F)ccc1O. The third kappa shape index (κ3) is 2.41. The number of phenolic OH excluding ortho intramolecular Hbond substituents is 1. The molecule has 1 aromatic carbocycles. The molecule has 1 unspecified atom stereocenters. The molecule has 0 saturated carbocycles. The minimum atomic E-state index is -2.79. The molecule has 1 rings (SSSR count). The molecule has 0 heterocycles. The molecule has 0 saturated heterocycles. The zero-order valence-corrected chi connectivity index (χ0v) is 7.39. The zero-order chi connectivity index (χ0) is 11.6. The van der Waals surface area contributed by atoms with Gasteiger partial charge in [0.1, 0.15) is 5.75 Å². The lowest BCUT2D eigenvalue weighted by molar-refractivity contribution is -0.147. The number of carboxylic acids is 1. The summed E-state index contributed by atoms with van der Waals surface area (Å²) in [6.45, 7) is 0. The normalized spacial score (nSPS) is 12.8. The lowest BCUT2D eigenvalue weighted by Gasteiger charge is -2.09. The summed E-state index contributed by atoms with van der Waals surface area (Å²) >= 11 is 0. The van der Waals surface area contributed by atoms with Gasteiger partial charge in [0.25, 0.3) is 6.43 Å². The molecule has 15 heavy (non-hydrogen) atoms. The Bertz CT molecular complexity index is 378. The van der Waals surface area contributed by atoms with Crippen LogP contribution in [0, 0.1) is 0 Å². The fourth-order valence-electron chi connectivity index (χ4n) is 1.06. The van der Waals surface area contributed by atoms with E-state index in [1.54, 1.807) is 0 Å². The maximum Gasteiger partial charge on any atom is 0.337 e. The highest BCUT2D eigenvalue weighted by molar-refractivity contribution is 5.75. The van der Waals surface area contributed by atoms with Crippen LogP contribution in [-0.2, 0) is 4.79 Å². The molecule has 0 radical (unpaired) electrons. The molecule has 3 N–H and O–H groups in total. The van der Waals surface area contributed by atoms with Crippen LogP contribution in [0.3, 0.4) is 0 Å². The molecule has 1 atom stereocenters. The Morgan fingerprint density at radius 3 is 2.40 bits per heavy atom. The number of rotatable bonds is 3. The van der Waals surface area contributed by atoms with E-state index in [9.17, 15) is 13.6 Å². The summed E-state index contributed by atoms with van der Waals surface area (Å²) in [5.41, 5.74) is -0.900. The van der Waals surface area contributed by atoms with Crippen molar-refractivity contribution in [3.05, 3.63) is 29.3 Å². The molecule has 6 heteroatoms. The average molecular weight is 218 g/mol. The van der Waals surface area contributed by atoms with E-state index >= 15 is 0 Å². The Hall–Kier alpha value is -1.69. The van der Waals surface area contributed by atoms with E-state index in [2.05, 4.69) is 0 Å². The second-order valence-electron chi connectivity index (χ2n) is 2.86. The summed E-state index contributed by atoms with van der Waals surface area (Å²) in [7, 11) is 0. The van der Waals surface area contributed by atoms with Crippen molar-refractivity contribution in [1.29, 1.82) is 0 Å². The fourth-order valence-corrected chi connectivity index (χ4v) is 1.06. The lowest BCUT2D eigenvalue weighted by atomic mass is 10.0. The number of halogens is 2. The first-order valence-corrected chi connectivity index (χ1v) is 3.95. The minimum Gasteiger partial charge on any atom is -0.508 e. The third-order valence-electron chi connectivity index (χ3n) is 1.83. The van der Waals surface area contributed by atoms with E-state index in [0.29, 0.717) is 0 Å². The number of carbonyl (C=O) groups is 1. The molecule has 4 nitrogen and oxygen atoms in total. The minimum absolute atomic E-state index is 0.444. The van der Waals surface area contributed by atoms with Crippen LogP contribution in [0.5, 0.6) is 5.75 Å². The Kier molecular flexibility index (Phi) is 3.21. The van der Waals surface area contributed by atoms with Crippen LogP contribution in [0.1, 0.15) is 23.7 Å². The number of hydrogen-bond acceptors (Lipinski definition) is 3. The average Bonchev–Trinajstić information content (AvgIpc) is 2.16. The zero-order valence-electron chi connectivity index (χ0n) is 7.39. The van der Waals surface area contributed by atoms with Crippen LogP contribution in [-0.4, -0.2) is 21.3 Å². The highest BCUT2D eigenvalue weighted by Gasteiger charge is 2.21. The third-order valence-corrected chi connectivity index (χ3v) is 1.83. The fraction of sp³-hybridized carbons (Fsp3) is 0.222. The van der Waals surface area contributed by atoms with Gasteiger partial charge in [-0.1, -0.05) is 0 Å². The second kappa shape index (κ2) is 4.22. The predicted molar refractivity (Wildman–Crippen MR) is 45.7 cm³/mol. The van der Waals surface area contributed by atoms with Gasteiger partial charge >= 0.3 is 5.97 Å². The number of benzene rings is 1. The molecule has 0 bridgehead atoms. The molecular formula is C9H8F2O4. The molecule has 0 aromatic heterocycles. The van der Waals surface area contributed by atoms with E-state index < -0.39 is 35.4 Å². The summed E-state index contributed by atoms with van der Waals surface area (Å²) in [6.07, 6.45) is -4.80. The molecule has 0 amide bonds. The summed E-state index contributed by atoms with van der Waals surface area (Å²) in [5.74, 6) is -2.15. The van der Waals surface area contributed by atoms with Crippen LogP contribution < -0.4 is 0 Å².